The molecule has 3 aromatic rings. The quantitative estimate of drug-likeness (QED) is 0.389. The highest BCUT2D eigenvalue weighted by Crippen LogP contribution is 2.30. The van der Waals surface area contributed by atoms with Crippen molar-refractivity contribution in [2.45, 2.75) is 19.4 Å². The van der Waals surface area contributed by atoms with Crippen molar-refractivity contribution in [3.05, 3.63) is 83.1 Å². The summed E-state index contributed by atoms with van der Waals surface area (Å²) in [7, 11) is -2.14. The lowest BCUT2D eigenvalue weighted by molar-refractivity contribution is -0.116. The molecule has 2 aromatic carbocycles. The van der Waals surface area contributed by atoms with Gasteiger partial charge in [0.15, 0.2) is 0 Å². The van der Waals surface area contributed by atoms with E-state index in [4.69, 9.17) is 16.3 Å². The molecule has 0 saturated heterocycles. The molecule has 36 heavy (non-hydrogen) atoms. The molecule has 0 saturated carbocycles. The first-order valence-electron chi connectivity index (χ1n) is 11.1. The van der Waals surface area contributed by atoms with Crippen molar-refractivity contribution in [1.82, 2.24) is 10.3 Å². The summed E-state index contributed by atoms with van der Waals surface area (Å²) in [5.74, 6) is -0.255. The van der Waals surface area contributed by atoms with Crippen LogP contribution in [-0.4, -0.2) is 45.1 Å². The maximum atomic E-state index is 12.7. The Bertz CT molecular complexity index is 1320. The summed E-state index contributed by atoms with van der Waals surface area (Å²) in [5, 5.41) is 5.84. The molecule has 0 aliphatic carbocycles. The molecule has 1 aromatic heterocycles. The van der Waals surface area contributed by atoms with Crippen molar-refractivity contribution in [3.8, 4) is 5.75 Å². The molecule has 3 rings (SSSR count). The third kappa shape index (κ3) is 7.43. The normalized spacial score (nSPS) is 11.0. The first-order valence-corrected chi connectivity index (χ1v) is 13.3. The summed E-state index contributed by atoms with van der Waals surface area (Å²) in [6, 6.07) is 15.0. The Morgan fingerprint density at radius 2 is 1.89 bits per heavy atom. The molecule has 0 radical (unpaired) electrons. The number of amides is 2. The number of methoxy groups -OCH3 is 1. The van der Waals surface area contributed by atoms with Gasteiger partial charge in [0.1, 0.15) is 5.75 Å². The number of carbonyl (C=O) groups excluding carboxylic acids is 2. The van der Waals surface area contributed by atoms with Crippen molar-refractivity contribution < 1.29 is 22.7 Å². The fraction of sp³-hybridized carbons (Fsp3) is 0.240. The second kappa shape index (κ2) is 12.4. The number of carbonyl (C=O) groups is 2. The van der Waals surface area contributed by atoms with E-state index in [-0.39, 0.29) is 36.2 Å². The summed E-state index contributed by atoms with van der Waals surface area (Å²) >= 11 is 6.15. The standard InChI is InChI=1S/C25H27ClN4O5S/c1-35-23-12-11-19(15-21(23)26)30(36(2,33)34)14-6-10-24(31)29-22-9-4-3-8-20(22)25(32)28-17-18-7-5-13-27-16-18/h3-5,7-9,11-13,15-16H,6,10,14,17H2,1-2H3,(H,28,32)(H,29,31). The molecule has 190 valence electrons. The van der Waals surface area contributed by atoms with Gasteiger partial charge in [0.05, 0.1) is 35.3 Å². The van der Waals surface area contributed by atoms with Crippen LogP contribution in [0.3, 0.4) is 0 Å². The third-order valence-corrected chi connectivity index (χ3v) is 6.70. The van der Waals surface area contributed by atoms with Crippen molar-refractivity contribution in [2.24, 2.45) is 0 Å². The van der Waals surface area contributed by atoms with Gasteiger partial charge in [0.25, 0.3) is 5.91 Å². The topological polar surface area (TPSA) is 118 Å². The number of para-hydroxylation sites is 1. The van der Waals surface area contributed by atoms with Gasteiger partial charge < -0.3 is 15.4 Å². The van der Waals surface area contributed by atoms with Gasteiger partial charge in [-0.1, -0.05) is 29.8 Å². The van der Waals surface area contributed by atoms with Crippen molar-refractivity contribution >= 4 is 44.8 Å². The lowest BCUT2D eigenvalue weighted by atomic mass is 10.1. The summed E-state index contributed by atoms with van der Waals surface area (Å²) in [6.07, 6.45) is 4.69. The molecular formula is C25H27ClN4O5S. The van der Waals surface area contributed by atoms with E-state index in [1.807, 2.05) is 6.07 Å². The van der Waals surface area contributed by atoms with Gasteiger partial charge in [0.2, 0.25) is 15.9 Å². The molecule has 2 amide bonds. The van der Waals surface area contributed by atoms with Crippen molar-refractivity contribution in [1.29, 1.82) is 0 Å². The number of hydrogen-bond donors (Lipinski definition) is 2. The van der Waals surface area contributed by atoms with Crippen LogP contribution in [0.1, 0.15) is 28.8 Å². The van der Waals surface area contributed by atoms with Crippen LogP contribution in [0.5, 0.6) is 5.75 Å². The molecule has 1 heterocycles. The summed E-state index contributed by atoms with van der Waals surface area (Å²) in [6.45, 7) is 0.369. The summed E-state index contributed by atoms with van der Waals surface area (Å²) < 4.78 is 31.0. The Balaban J connectivity index is 1.60. The smallest absolute Gasteiger partial charge is 0.253 e. The molecule has 0 bridgehead atoms. The number of ether oxygens (including phenoxy) is 1. The highest BCUT2D eigenvalue weighted by atomic mass is 35.5. The molecule has 9 nitrogen and oxygen atoms in total. The second-order valence-corrected chi connectivity index (χ2v) is 10.2. The molecule has 0 spiro atoms. The Kier molecular flexibility index (Phi) is 9.26. The first-order chi connectivity index (χ1) is 17.2. The Labute approximate surface area is 215 Å². The van der Waals surface area contributed by atoms with Crippen LogP contribution in [0.15, 0.2) is 67.0 Å². The fourth-order valence-corrected chi connectivity index (χ4v) is 4.67. The lowest BCUT2D eigenvalue weighted by Gasteiger charge is -2.23. The zero-order chi connectivity index (χ0) is 26.1. The molecule has 0 unspecified atom stereocenters. The predicted octanol–water partition coefficient (Wildman–Crippen LogP) is 3.86. The number of nitrogens with one attached hydrogen (secondary N) is 2. The Hall–Kier alpha value is -3.63. The lowest BCUT2D eigenvalue weighted by Crippen LogP contribution is -2.31. The predicted molar refractivity (Wildman–Crippen MR) is 140 cm³/mol. The van der Waals surface area contributed by atoms with Crippen LogP contribution < -0.4 is 19.7 Å². The number of sulfonamides is 1. The average Bonchev–Trinajstić information content (AvgIpc) is 2.85. The van der Waals surface area contributed by atoms with Crippen LogP contribution in [-0.2, 0) is 21.4 Å². The van der Waals surface area contributed by atoms with Gasteiger partial charge >= 0.3 is 0 Å². The molecule has 11 heteroatoms. The Morgan fingerprint density at radius 3 is 2.56 bits per heavy atom. The van der Waals surface area contributed by atoms with Crippen LogP contribution in [0, 0.1) is 0 Å². The number of aromatic nitrogens is 1. The van der Waals surface area contributed by atoms with E-state index < -0.39 is 10.0 Å². The highest BCUT2D eigenvalue weighted by Gasteiger charge is 2.19. The van der Waals surface area contributed by atoms with Crippen LogP contribution in [0.25, 0.3) is 0 Å². The zero-order valence-corrected chi connectivity index (χ0v) is 21.5. The molecular weight excluding hydrogens is 504 g/mol. The van der Waals surface area contributed by atoms with E-state index in [0.717, 1.165) is 11.8 Å². The van der Waals surface area contributed by atoms with Crippen molar-refractivity contribution in [3.63, 3.8) is 0 Å². The van der Waals surface area contributed by atoms with Crippen LogP contribution in [0.2, 0.25) is 5.02 Å². The molecule has 2 N–H and O–H groups in total. The van der Waals surface area contributed by atoms with E-state index in [0.29, 0.717) is 29.2 Å². The number of rotatable bonds is 11. The second-order valence-electron chi connectivity index (χ2n) is 7.90. The van der Waals surface area contributed by atoms with Crippen LogP contribution >= 0.6 is 11.6 Å². The number of hydrogen-bond acceptors (Lipinski definition) is 6. The highest BCUT2D eigenvalue weighted by molar-refractivity contribution is 7.92. The third-order valence-electron chi connectivity index (χ3n) is 5.21. The Morgan fingerprint density at radius 1 is 1.11 bits per heavy atom. The minimum absolute atomic E-state index is 0.0432. The number of halogens is 1. The largest absolute Gasteiger partial charge is 0.495 e. The SMILES string of the molecule is COc1ccc(N(CCCC(=O)Nc2ccccc2C(=O)NCc2cccnc2)S(C)(=O)=O)cc1Cl. The summed E-state index contributed by atoms with van der Waals surface area (Å²) in [4.78, 5) is 29.3. The minimum Gasteiger partial charge on any atom is -0.495 e. The van der Waals surface area contributed by atoms with Gasteiger partial charge in [-0.05, 0) is 48.4 Å². The van der Waals surface area contributed by atoms with Gasteiger partial charge in [-0.25, -0.2) is 8.42 Å². The summed E-state index contributed by atoms with van der Waals surface area (Å²) in [5.41, 5.74) is 1.91. The fourth-order valence-electron chi connectivity index (χ4n) is 3.46. The molecule has 0 atom stereocenters. The van der Waals surface area contributed by atoms with E-state index in [1.165, 1.54) is 17.5 Å². The van der Waals surface area contributed by atoms with Gasteiger partial charge in [0, 0.05) is 31.9 Å². The number of pyridine rings is 1. The average molecular weight is 531 g/mol. The number of anilines is 2. The van der Waals surface area contributed by atoms with E-state index in [9.17, 15) is 18.0 Å². The maximum absolute atomic E-state index is 12.7. The molecule has 0 aliphatic rings. The van der Waals surface area contributed by atoms with E-state index >= 15 is 0 Å². The monoisotopic (exact) mass is 530 g/mol. The van der Waals surface area contributed by atoms with Crippen molar-refractivity contribution in [2.75, 3.05) is 29.5 Å². The molecule has 0 fully saturated rings. The maximum Gasteiger partial charge on any atom is 0.253 e. The first kappa shape index (κ1) is 27.0. The minimum atomic E-state index is -3.61. The van der Waals surface area contributed by atoms with Gasteiger partial charge in [-0.3, -0.25) is 18.9 Å². The molecule has 0 aliphatic heterocycles. The van der Waals surface area contributed by atoms with Gasteiger partial charge in [-0.2, -0.15) is 0 Å². The zero-order valence-electron chi connectivity index (χ0n) is 19.9. The van der Waals surface area contributed by atoms with Gasteiger partial charge in [-0.15, -0.1) is 0 Å². The van der Waals surface area contributed by atoms with E-state index in [1.54, 1.807) is 54.9 Å². The number of nitrogens with zero attached hydrogens (tertiary/aromatic N) is 2. The van der Waals surface area contributed by atoms with Crippen LogP contribution in [0.4, 0.5) is 11.4 Å². The van der Waals surface area contributed by atoms with E-state index in [2.05, 4.69) is 15.6 Å². The number of benzene rings is 2.